The van der Waals surface area contributed by atoms with Gasteiger partial charge in [-0.2, -0.15) is 0 Å². The lowest BCUT2D eigenvalue weighted by Gasteiger charge is -2.42. The molecule has 4 heterocycles. The molecule has 0 spiro atoms. The van der Waals surface area contributed by atoms with Gasteiger partial charge in [0, 0.05) is 38.3 Å². The first-order chi connectivity index (χ1) is 11.6. The smallest absolute Gasteiger partial charge is 0.289 e. The molecule has 2 amide bonds. The molecule has 3 fully saturated rings. The topological polar surface area (TPSA) is 65.8 Å². The molecule has 6 nitrogen and oxygen atoms in total. The molecular formula is C18H25N3O3. The molecule has 1 aromatic rings. The van der Waals surface area contributed by atoms with Crippen LogP contribution in [-0.2, 0) is 4.79 Å². The molecular weight excluding hydrogens is 306 g/mol. The lowest BCUT2D eigenvalue weighted by atomic mass is 9.70. The zero-order valence-electron chi connectivity index (χ0n) is 14.2. The number of amides is 2. The third-order valence-electron chi connectivity index (χ3n) is 6.16. The minimum absolute atomic E-state index is 0.0844. The van der Waals surface area contributed by atoms with Gasteiger partial charge in [0.2, 0.25) is 5.91 Å². The summed E-state index contributed by atoms with van der Waals surface area (Å²) < 4.78 is 5.19. The van der Waals surface area contributed by atoms with E-state index >= 15 is 0 Å². The number of nitrogens with zero attached hydrogens (tertiary/aromatic N) is 2. The van der Waals surface area contributed by atoms with Crippen LogP contribution >= 0.6 is 0 Å². The van der Waals surface area contributed by atoms with Crippen molar-refractivity contribution in [2.24, 2.45) is 5.41 Å². The summed E-state index contributed by atoms with van der Waals surface area (Å²) in [5.74, 6) is 0.575. The molecule has 130 valence electrons. The molecule has 0 aliphatic carbocycles. The van der Waals surface area contributed by atoms with Gasteiger partial charge in [-0.25, -0.2) is 0 Å². The summed E-state index contributed by atoms with van der Waals surface area (Å²) in [5, 5.41) is 3.61. The Balaban J connectivity index is 1.40. The van der Waals surface area contributed by atoms with Crippen molar-refractivity contribution in [3.8, 4) is 0 Å². The largest absolute Gasteiger partial charge is 0.459 e. The van der Waals surface area contributed by atoms with E-state index in [0.717, 1.165) is 19.3 Å². The van der Waals surface area contributed by atoms with E-state index < -0.39 is 0 Å². The molecule has 3 aliphatic heterocycles. The number of rotatable bonds is 3. The van der Waals surface area contributed by atoms with Gasteiger partial charge < -0.3 is 19.5 Å². The molecule has 0 unspecified atom stereocenters. The zero-order chi connectivity index (χ0) is 16.7. The fourth-order valence-electron chi connectivity index (χ4n) is 4.76. The highest BCUT2D eigenvalue weighted by Gasteiger charge is 2.55. The molecule has 3 aliphatic rings. The van der Waals surface area contributed by atoms with E-state index in [4.69, 9.17) is 4.42 Å². The first-order valence-corrected chi connectivity index (χ1v) is 9.02. The molecule has 3 atom stereocenters. The number of carbonyl (C=O) groups excluding carboxylic acids is 2. The van der Waals surface area contributed by atoms with Crippen LogP contribution in [0, 0.1) is 5.41 Å². The Morgan fingerprint density at radius 2 is 2.00 bits per heavy atom. The van der Waals surface area contributed by atoms with Crippen molar-refractivity contribution in [2.75, 3.05) is 26.2 Å². The van der Waals surface area contributed by atoms with E-state index in [1.54, 1.807) is 17.0 Å². The van der Waals surface area contributed by atoms with Crippen LogP contribution in [0.1, 0.15) is 43.2 Å². The quantitative estimate of drug-likeness (QED) is 0.911. The van der Waals surface area contributed by atoms with Gasteiger partial charge in [-0.15, -0.1) is 0 Å². The molecule has 0 radical (unpaired) electrons. The number of hydrogen-bond donors (Lipinski definition) is 1. The number of fused-ring (bicyclic) bond motifs is 2. The van der Waals surface area contributed by atoms with Gasteiger partial charge in [0.15, 0.2) is 5.76 Å². The molecule has 2 bridgehead atoms. The van der Waals surface area contributed by atoms with Gasteiger partial charge >= 0.3 is 0 Å². The van der Waals surface area contributed by atoms with Crippen molar-refractivity contribution < 1.29 is 14.0 Å². The maximum Gasteiger partial charge on any atom is 0.289 e. The molecule has 0 aromatic carbocycles. The first-order valence-electron chi connectivity index (χ1n) is 9.02. The van der Waals surface area contributed by atoms with Crippen LogP contribution in [0.25, 0.3) is 0 Å². The molecule has 0 saturated carbocycles. The fraction of sp³-hybridized carbons (Fsp3) is 0.667. The van der Waals surface area contributed by atoms with Crippen molar-refractivity contribution >= 4 is 11.8 Å². The molecule has 4 rings (SSSR count). The summed E-state index contributed by atoms with van der Waals surface area (Å²) in [7, 11) is 0. The Bertz CT molecular complexity index is 621. The molecule has 6 heteroatoms. The molecule has 24 heavy (non-hydrogen) atoms. The van der Waals surface area contributed by atoms with Gasteiger partial charge in [-0.05, 0) is 37.8 Å². The van der Waals surface area contributed by atoms with Crippen LogP contribution in [0.2, 0.25) is 0 Å². The number of furan rings is 1. The van der Waals surface area contributed by atoms with Crippen molar-refractivity contribution in [1.29, 1.82) is 0 Å². The van der Waals surface area contributed by atoms with Crippen LogP contribution in [0.5, 0.6) is 0 Å². The average molecular weight is 331 g/mol. The first kappa shape index (κ1) is 15.7. The van der Waals surface area contributed by atoms with Gasteiger partial charge in [0.25, 0.3) is 5.91 Å². The van der Waals surface area contributed by atoms with Crippen LogP contribution in [0.15, 0.2) is 22.8 Å². The van der Waals surface area contributed by atoms with Crippen LogP contribution < -0.4 is 5.32 Å². The minimum Gasteiger partial charge on any atom is -0.459 e. The maximum absolute atomic E-state index is 13.2. The second-order valence-corrected chi connectivity index (χ2v) is 7.27. The summed E-state index contributed by atoms with van der Waals surface area (Å²) in [6.45, 7) is 4.52. The molecule has 1 N–H and O–H groups in total. The van der Waals surface area contributed by atoms with Crippen molar-refractivity contribution in [1.82, 2.24) is 15.1 Å². The van der Waals surface area contributed by atoms with Gasteiger partial charge in [0.05, 0.1) is 11.7 Å². The Labute approximate surface area is 142 Å². The predicted molar refractivity (Wildman–Crippen MR) is 88.5 cm³/mol. The molecule has 1 aromatic heterocycles. The second-order valence-electron chi connectivity index (χ2n) is 7.27. The Hall–Kier alpha value is -1.82. The zero-order valence-corrected chi connectivity index (χ0v) is 14.2. The van der Waals surface area contributed by atoms with E-state index in [2.05, 4.69) is 12.2 Å². The normalized spacial score (nSPS) is 32.4. The number of hydrogen-bond acceptors (Lipinski definition) is 4. The van der Waals surface area contributed by atoms with Crippen molar-refractivity contribution in [2.45, 2.75) is 44.7 Å². The van der Waals surface area contributed by atoms with E-state index in [1.807, 2.05) is 4.90 Å². The summed E-state index contributed by atoms with van der Waals surface area (Å²) in [6, 6.07) is 4.26. The van der Waals surface area contributed by atoms with E-state index in [9.17, 15) is 9.59 Å². The predicted octanol–water partition coefficient (Wildman–Crippen LogP) is 1.48. The highest BCUT2D eigenvalue weighted by molar-refractivity contribution is 5.91. The van der Waals surface area contributed by atoms with Crippen LogP contribution in [0.3, 0.4) is 0 Å². The summed E-state index contributed by atoms with van der Waals surface area (Å²) in [6.07, 6.45) is 5.69. The summed E-state index contributed by atoms with van der Waals surface area (Å²) >= 11 is 0. The van der Waals surface area contributed by atoms with E-state index in [-0.39, 0.29) is 17.2 Å². The van der Waals surface area contributed by atoms with Crippen LogP contribution in [0.4, 0.5) is 0 Å². The summed E-state index contributed by atoms with van der Waals surface area (Å²) in [4.78, 5) is 29.3. The Kier molecular flexibility index (Phi) is 3.87. The highest BCUT2D eigenvalue weighted by atomic mass is 16.3. The average Bonchev–Trinajstić information content (AvgIpc) is 3.37. The maximum atomic E-state index is 13.2. The van der Waals surface area contributed by atoms with Crippen molar-refractivity contribution in [3.63, 3.8) is 0 Å². The van der Waals surface area contributed by atoms with E-state index in [0.29, 0.717) is 44.0 Å². The lowest BCUT2D eigenvalue weighted by molar-refractivity contribution is -0.145. The van der Waals surface area contributed by atoms with Gasteiger partial charge in [-0.1, -0.05) is 6.92 Å². The second kappa shape index (κ2) is 5.92. The van der Waals surface area contributed by atoms with Gasteiger partial charge in [-0.3, -0.25) is 9.59 Å². The number of piperazine rings is 1. The van der Waals surface area contributed by atoms with E-state index in [1.165, 1.54) is 12.7 Å². The number of carbonyl (C=O) groups is 2. The molecule has 3 saturated heterocycles. The third kappa shape index (κ3) is 2.35. The standard InChI is InChI=1S/C18H25N3O3/c1-2-18(12-13-5-6-15(18)19-13)17(23)21-9-7-20(8-10-21)16(22)14-4-3-11-24-14/h3-4,11,13,15,19H,2,5-10,12H2,1H3/t13-,15+,18+/m0/s1. The fourth-order valence-corrected chi connectivity index (χ4v) is 4.76. The van der Waals surface area contributed by atoms with Crippen molar-refractivity contribution in [3.05, 3.63) is 24.2 Å². The van der Waals surface area contributed by atoms with Crippen LogP contribution in [-0.4, -0.2) is 59.9 Å². The lowest BCUT2D eigenvalue weighted by Crippen LogP contribution is -2.56. The highest BCUT2D eigenvalue weighted by Crippen LogP contribution is 2.47. The third-order valence-corrected chi connectivity index (χ3v) is 6.16. The Morgan fingerprint density at radius 3 is 2.54 bits per heavy atom. The number of nitrogens with one attached hydrogen (secondary N) is 1. The summed E-state index contributed by atoms with van der Waals surface area (Å²) in [5.41, 5.74) is -0.226. The monoisotopic (exact) mass is 331 g/mol. The SMILES string of the molecule is CC[C@@]1(C(=O)N2CCN(C(=O)c3ccco3)CC2)C[C@@H]2CC[C@H]1N2. The van der Waals surface area contributed by atoms with Gasteiger partial charge in [0.1, 0.15) is 0 Å². The Morgan fingerprint density at radius 1 is 1.25 bits per heavy atom. The minimum atomic E-state index is -0.226.